The van der Waals surface area contributed by atoms with Crippen molar-refractivity contribution in [1.82, 2.24) is 5.32 Å². The molecule has 1 aromatic carbocycles. The largest absolute Gasteiger partial charge is 0.411 e. The lowest BCUT2D eigenvalue weighted by molar-refractivity contribution is 0.0963. The molecular formula is C9H10N2O3. The van der Waals surface area contributed by atoms with Crippen molar-refractivity contribution in [2.24, 2.45) is 5.73 Å². The Balaban J connectivity index is 2.74. The number of carbonyl (C=O) groups excluding carboxylic acids is 2. The van der Waals surface area contributed by atoms with Crippen molar-refractivity contribution in [1.29, 1.82) is 0 Å². The molecule has 0 spiro atoms. The molecule has 0 aliphatic carbocycles. The first-order valence-corrected chi connectivity index (χ1v) is 3.68. The number of hydrogen-bond acceptors (Lipinski definition) is 3. The Labute approximate surface area is 85.1 Å². The smallest absolute Gasteiger partial charge is 0.409 e. The number of rotatable bonds is 2. The minimum absolute atomic E-state index is 0.137. The minimum Gasteiger partial charge on any atom is -0.411 e. The number of amides is 2. The van der Waals surface area contributed by atoms with Gasteiger partial charge < -0.3 is 15.8 Å². The zero-order chi connectivity index (χ0) is 13.1. The lowest BCUT2D eigenvalue weighted by Gasteiger charge is -2.02. The molecule has 0 aliphatic rings. The Hall–Kier alpha value is -2.04. The van der Waals surface area contributed by atoms with Crippen LogP contribution < -0.4 is 15.8 Å². The molecule has 0 radical (unpaired) electrons. The summed E-state index contributed by atoms with van der Waals surface area (Å²) in [5, 5.41) is 1.82. The van der Waals surface area contributed by atoms with Crippen molar-refractivity contribution in [2.75, 3.05) is 6.98 Å². The first kappa shape index (κ1) is 6.42. The molecule has 74 valence electrons. The molecular weight excluding hydrogens is 184 g/mol. The fraction of sp³-hybridized carbons (Fsp3) is 0.111. The number of hydrogen-bond donors (Lipinski definition) is 2. The summed E-state index contributed by atoms with van der Waals surface area (Å²) < 4.78 is 25.1. The van der Waals surface area contributed by atoms with Gasteiger partial charge in [-0.2, -0.15) is 0 Å². The molecule has 5 nitrogen and oxygen atoms in total. The Kier molecular flexibility index (Phi) is 1.96. The van der Waals surface area contributed by atoms with Crippen LogP contribution >= 0.6 is 0 Å². The maximum absolute atomic E-state index is 11.4. The third-order valence-corrected chi connectivity index (χ3v) is 1.45. The van der Waals surface area contributed by atoms with Crippen LogP contribution in [0.15, 0.2) is 24.3 Å². The van der Waals surface area contributed by atoms with E-state index in [0.29, 0.717) is 0 Å². The van der Waals surface area contributed by atoms with Crippen LogP contribution in [0.1, 0.15) is 14.5 Å². The van der Waals surface area contributed by atoms with E-state index >= 15 is 0 Å². The number of ether oxygens (including phenoxy) is 1. The molecule has 2 amide bonds. The molecule has 0 atom stereocenters. The Morgan fingerprint density at radius 2 is 2.07 bits per heavy atom. The summed E-state index contributed by atoms with van der Waals surface area (Å²) in [5.74, 6) is -0.571. The molecule has 1 rings (SSSR count). The highest BCUT2D eigenvalue weighted by Gasteiger charge is 2.03. The monoisotopic (exact) mass is 197 g/mol. The highest BCUT2D eigenvalue weighted by molar-refractivity contribution is 5.94. The van der Waals surface area contributed by atoms with Gasteiger partial charge in [0.05, 0.1) is 0 Å². The van der Waals surface area contributed by atoms with Gasteiger partial charge >= 0.3 is 6.09 Å². The highest BCUT2D eigenvalue weighted by Crippen LogP contribution is 2.11. The van der Waals surface area contributed by atoms with Gasteiger partial charge in [-0.3, -0.25) is 4.79 Å². The standard InChI is InChI=1S/C9H10N2O3/c1-11-8(12)6-2-4-7(5-3-6)14-9(10)13/h2-5H,1H3,(H2,10,13)(H,11,12)/i1D3. The number of nitrogens with one attached hydrogen (secondary N) is 1. The predicted octanol–water partition coefficient (Wildman–Crippen LogP) is 0.504. The van der Waals surface area contributed by atoms with Crippen molar-refractivity contribution < 1.29 is 18.4 Å². The zero-order valence-electron chi connectivity index (χ0n) is 10.1. The van der Waals surface area contributed by atoms with E-state index in [0.717, 1.165) is 0 Å². The highest BCUT2D eigenvalue weighted by atomic mass is 16.5. The van der Waals surface area contributed by atoms with Gasteiger partial charge in [-0.15, -0.1) is 0 Å². The van der Waals surface area contributed by atoms with E-state index in [9.17, 15) is 9.59 Å². The SMILES string of the molecule is [2H]C([2H])([2H])NC(=O)c1ccc(OC(N)=O)cc1. The predicted molar refractivity (Wildman–Crippen MR) is 50.0 cm³/mol. The van der Waals surface area contributed by atoms with Gasteiger partial charge in [-0.05, 0) is 24.3 Å². The summed E-state index contributed by atoms with van der Waals surface area (Å²) in [7, 11) is 0. The van der Waals surface area contributed by atoms with E-state index in [1.165, 1.54) is 24.3 Å². The van der Waals surface area contributed by atoms with Gasteiger partial charge in [0, 0.05) is 16.7 Å². The molecule has 0 heterocycles. The molecule has 14 heavy (non-hydrogen) atoms. The fourth-order valence-corrected chi connectivity index (χ4v) is 0.863. The molecule has 0 aromatic heterocycles. The molecule has 1 aromatic rings. The topological polar surface area (TPSA) is 81.4 Å². The average Bonchev–Trinajstić information content (AvgIpc) is 2.15. The Morgan fingerprint density at radius 3 is 2.57 bits per heavy atom. The lowest BCUT2D eigenvalue weighted by Crippen LogP contribution is -2.18. The second-order valence-corrected chi connectivity index (χ2v) is 2.40. The third kappa shape index (κ3) is 2.48. The zero-order valence-corrected chi connectivity index (χ0v) is 7.11. The van der Waals surface area contributed by atoms with E-state index in [2.05, 4.69) is 4.74 Å². The molecule has 3 N–H and O–H groups in total. The van der Waals surface area contributed by atoms with E-state index in [1.807, 2.05) is 5.32 Å². The second kappa shape index (κ2) is 4.27. The summed E-state index contributed by atoms with van der Waals surface area (Å²) in [6.45, 7) is -2.54. The number of carbonyl (C=O) groups is 2. The molecule has 0 saturated carbocycles. The van der Waals surface area contributed by atoms with Crippen molar-refractivity contribution >= 4 is 12.0 Å². The van der Waals surface area contributed by atoms with E-state index in [1.54, 1.807) is 0 Å². The van der Waals surface area contributed by atoms with Crippen molar-refractivity contribution in [3.8, 4) is 5.75 Å². The van der Waals surface area contributed by atoms with E-state index in [4.69, 9.17) is 9.85 Å². The summed E-state index contributed by atoms with van der Waals surface area (Å²) >= 11 is 0. The van der Waals surface area contributed by atoms with Crippen molar-refractivity contribution in [3.05, 3.63) is 29.8 Å². The van der Waals surface area contributed by atoms with Crippen LogP contribution in [-0.2, 0) is 0 Å². The van der Waals surface area contributed by atoms with E-state index in [-0.39, 0.29) is 11.3 Å². The first-order chi connectivity index (χ1) is 7.78. The van der Waals surface area contributed by atoms with Crippen LogP contribution in [0.25, 0.3) is 0 Å². The van der Waals surface area contributed by atoms with Crippen LogP contribution in [0.4, 0.5) is 4.79 Å². The molecule has 0 fully saturated rings. The maximum atomic E-state index is 11.4. The van der Waals surface area contributed by atoms with Gasteiger partial charge in [0.2, 0.25) is 0 Å². The molecule has 0 aliphatic heterocycles. The van der Waals surface area contributed by atoms with Crippen molar-refractivity contribution in [2.45, 2.75) is 0 Å². The first-order valence-electron chi connectivity index (χ1n) is 5.18. The summed E-state index contributed by atoms with van der Waals surface area (Å²) in [5.41, 5.74) is 4.93. The second-order valence-electron chi connectivity index (χ2n) is 2.40. The van der Waals surface area contributed by atoms with E-state index < -0.39 is 19.0 Å². The van der Waals surface area contributed by atoms with Gasteiger partial charge in [0.15, 0.2) is 0 Å². The number of benzene rings is 1. The maximum Gasteiger partial charge on any atom is 0.409 e. The van der Waals surface area contributed by atoms with Gasteiger partial charge in [0.25, 0.3) is 5.91 Å². The molecule has 0 bridgehead atoms. The van der Waals surface area contributed by atoms with Crippen LogP contribution in [0.5, 0.6) is 5.75 Å². The number of nitrogens with two attached hydrogens (primary N) is 1. The summed E-state index contributed by atoms with van der Waals surface area (Å²) in [4.78, 5) is 21.8. The molecule has 5 heteroatoms. The van der Waals surface area contributed by atoms with Crippen LogP contribution in [0.3, 0.4) is 0 Å². The third-order valence-electron chi connectivity index (χ3n) is 1.45. The average molecular weight is 197 g/mol. The van der Waals surface area contributed by atoms with Gasteiger partial charge in [-0.1, -0.05) is 0 Å². The number of primary amides is 1. The van der Waals surface area contributed by atoms with Crippen LogP contribution in [0.2, 0.25) is 0 Å². The summed E-state index contributed by atoms with van der Waals surface area (Å²) in [6, 6.07) is 5.30. The molecule has 0 unspecified atom stereocenters. The van der Waals surface area contributed by atoms with Gasteiger partial charge in [-0.25, -0.2) is 4.79 Å². The fourth-order valence-electron chi connectivity index (χ4n) is 0.863. The minimum atomic E-state index is -2.54. The Morgan fingerprint density at radius 1 is 1.43 bits per heavy atom. The van der Waals surface area contributed by atoms with Crippen LogP contribution in [-0.4, -0.2) is 19.0 Å². The van der Waals surface area contributed by atoms with Crippen molar-refractivity contribution in [3.63, 3.8) is 0 Å². The quantitative estimate of drug-likeness (QED) is 0.724. The molecule has 0 saturated heterocycles. The normalized spacial score (nSPS) is 13.3. The van der Waals surface area contributed by atoms with Crippen LogP contribution in [0, 0.1) is 0 Å². The lowest BCUT2D eigenvalue weighted by atomic mass is 10.2. The van der Waals surface area contributed by atoms with Gasteiger partial charge in [0.1, 0.15) is 5.75 Å². The summed E-state index contributed by atoms with van der Waals surface area (Å²) in [6.07, 6.45) is -0.968. The Bertz CT molecular complexity index is 428.